The smallest absolute Gasteiger partial charge is 0.338 e. The number of H-pyrrole nitrogens is 1. The third kappa shape index (κ3) is 3.49. The number of fused-ring (bicyclic) bond motifs is 1. The minimum atomic E-state index is -1.10. The van der Waals surface area contributed by atoms with Crippen molar-refractivity contribution in [2.45, 2.75) is 0 Å². The van der Waals surface area contributed by atoms with Gasteiger partial charge in [0.2, 0.25) is 5.95 Å². The highest BCUT2D eigenvalue weighted by molar-refractivity contribution is 5.87. The zero-order chi connectivity index (χ0) is 21.4. The minimum Gasteiger partial charge on any atom is -0.478 e. The van der Waals surface area contributed by atoms with Crippen LogP contribution in [0.25, 0.3) is 39.1 Å². The van der Waals surface area contributed by atoms with Gasteiger partial charge in [0.25, 0.3) is 5.56 Å². The molecule has 7 nitrogen and oxygen atoms in total. The number of rotatable bonds is 4. The van der Waals surface area contributed by atoms with E-state index >= 15 is 0 Å². The average Bonchev–Trinajstić information content (AvgIpc) is 3.30. The van der Waals surface area contributed by atoms with Gasteiger partial charge in [-0.2, -0.15) is 5.10 Å². The normalized spacial score (nSPS) is 11.0. The molecule has 150 valence electrons. The van der Waals surface area contributed by atoms with E-state index in [-0.39, 0.29) is 17.1 Å². The lowest BCUT2D eigenvalue weighted by atomic mass is 9.98. The van der Waals surface area contributed by atoms with Gasteiger partial charge in [-0.15, -0.1) is 0 Å². The highest BCUT2D eigenvalue weighted by atomic mass is 16.4. The molecule has 2 aromatic heterocycles. The Labute approximate surface area is 176 Å². The van der Waals surface area contributed by atoms with Gasteiger partial charge in [-0.25, -0.2) is 14.5 Å². The van der Waals surface area contributed by atoms with Gasteiger partial charge in [0.05, 0.1) is 22.7 Å². The van der Waals surface area contributed by atoms with Crippen molar-refractivity contribution in [1.82, 2.24) is 19.7 Å². The molecule has 0 aliphatic rings. The predicted octanol–water partition coefficient (Wildman–Crippen LogP) is 4.14. The summed E-state index contributed by atoms with van der Waals surface area (Å²) in [6.45, 7) is 0. The molecule has 0 unspecified atom stereocenters. The number of nitrogens with one attached hydrogen (secondary N) is 1. The number of aromatic nitrogens is 4. The van der Waals surface area contributed by atoms with Crippen molar-refractivity contribution in [3.05, 3.63) is 101 Å². The quantitative estimate of drug-likeness (QED) is 0.465. The van der Waals surface area contributed by atoms with E-state index < -0.39 is 5.97 Å². The standard InChI is InChI=1S/C24H16N4O3/c29-22-20-12-18(17-8-4-7-16(11-17)15-5-2-1-3-6-15)9-10-21(20)26-24(27-22)28-14-19(13-25-28)23(30)31/h1-14H,(H,30,31)(H,26,27,29). The van der Waals surface area contributed by atoms with Gasteiger partial charge in [0, 0.05) is 6.20 Å². The Bertz CT molecular complexity index is 1490. The number of carboxylic acids is 1. The maximum atomic E-state index is 12.7. The van der Waals surface area contributed by atoms with E-state index in [1.165, 1.54) is 17.1 Å². The second-order valence-electron chi connectivity index (χ2n) is 7.05. The van der Waals surface area contributed by atoms with Crippen LogP contribution >= 0.6 is 0 Å². The Morgan fingerprint density at radius 1 is 0.871 bits per heavy atom. The number of carboxylic acid groups (broad SMARTS) is 1. The van der Waals surface area contributed by atoms with Gasteiger partial charge in [-0.05, 0) is 40.5 Å². The van der Waals surface area contributed by atoms with Gasteiger partial charge < -0.3 is 5.11 Å². The molecule has 0 fully saturated rings. The fourth-order valence-electron chi connectivity index (χ4n) is 3.47. The predicted molar refractivity (Wildman–Crippen MR) is 117 cm³/mol. The number of hydrogen-bond donors (Lipinski definition) is 2. The maximum Gasteiger partial charge on any atom is 0.338 e. The molecule has 0 bridgehead atoms. The number of nitrogens with zero attached hydrogens (tertiary/aromatic N) is 3. The molecule has 0 spiro atoms. The first-order valence-corrected chi connectivity index (χ1v) is 9.57. The Kier molecular flexibility index (Phi) is 4.41. The maximum absolute atomic E-state index is 12.7. The highest BCUT2D eigenvalue weighted by Crippen LogP contribution is 2.27. The van der Waals surface area contributed by atoms with Crippen LogP contribution in [0, 0.1) is 0 Å². The van der Waals surface area contributed by atoms with Crippen LogP contribution in [0.1, 0.15) is 10.4 Å². The van der Waals surface area contributed by atoms with E-state index in [1.54, 1.807) is 12.1 Å². The van der Waals surface area contributed by atoms with Crippen molar-refractivity contribution >= 4 is 16.9 Å². The molecule has 0 atom stereocenters. The fourth-order valence-corrected chi connectivity index (χ4v) is 3.47. The second kappa shape index (κ2) is 7.38. The molecule has 3 aromatic carbocycles. The van der Waals surface area contributed by atoms with Crippen LogP contribution in [0.3, 0.4) is 0 Å². The van der Waals surface area contributed by atoms with Gasteiger partial charge in [0.15, 0.2) is 0 Å². The van der Waals surface area contributed by atoms with Crippen LogP contribution in [-0.2, 0) is 0 Å². The van der Waals surface area contributed by atoms with E-state index in [9.17, 15) is 9.59 Å². The number of benzene rings is 3. The van der Waals surface area contributed by atoms with Gasteiger partial charge in [-0.1, -0.05) is 54.6 Å². The first-order chi connectivity index (χ1) is 15.1. The lowest BCUT2D eigenvalue weighted by Crippen LogP contribution is -2.14. The summed E-state index contributed by atoms with van der Waals surface area (Å²) in [5.74, 6) is -0.944. The zero-order valence-corrected chi connectivity index (χ0v) is 16.2. The molecule has 0 aliphatic carbocycles. The zero-order valence-electron chi connectivity index (χ0n) is 16.2. The molecule has 0 amide bonds. The molecule has 7 heteroatoms. The Balaban J connectivity index is 1.56. The minimum absolute atomic E-state index is 0.0105. The summed E-state index contributed by atoms with van der Waals surface area (Å²) in [4.78, 5) is 30.9. The summed E-state index contributed by atoms with van der Waals surface area (Å²) in [6, 6.07) is 23.7. The Morgan fingerprint density at radius 3 is 2.32 bits per heavy atom. The largest absolute Gasteiger partial charge is 0.478 e. The molecule has 5 aromatic rings. The lowest BCUT2D eigenvalue weighted by molar-refractivity contribution is 0.0697. The van der Waals surface area contributed by atoms with Crippen LogP contribution < -0.4 is 5.56 Å². The van der Waals surface area contributed by atoms with Crippen molar-refractivity contribution in [2.75, 3.05) is 0 Å². The SMILES string of the molecule is O=C(O)c1cnn(-c2nc3ccc(-c4cccc(-c5ccccc5)c4)cc3c(=O)[nH]2)c1. The molecule has 0 aliphatic heterocycles. The highest BCUT2D eigenvalue weighted by Gasteiger charge is 2.11. The van der Waals surface area contributed by atoms with E-state index in [1.807, 2.05) is 36.4 Å². The molecule has 0 radical (unpaired) electrons. The van der Waals surface area contributed by atoms with E-state index in [0.29, 0.717) is 10.9 Å². The van der Waals surface area contributed by atoms with Gasteiger partial charge >= 0.3 is 5.97 Å². The van der Waals surface area contributed by atoms with E-state index in [2.05, 4.69) is 39.3 Å². The summed E-state index contributed by atoms with van der Waals surface area (Å²) in [5.41, 5.74) is 4.28. The number of carbonyl (C=O) groups is 1. The number of hydrogen-bond acceptors (Lipinski definition) is 4. The van der Waals surface area contributed by atoms with Crippen molar-refractivity contribution in [2.24, 2.45) is 0 Å². The number of aromatic carboxylic acids is 1. The summed E-state index contributed by atoms with van der Waals surface area (Å²) >= 11 is 0. The molecular weight excluding hydrogens is 392 g/mol. The molecule has 2 N–H and O–H groups in total. The third-order valence-electron chi connectivity index (χ3n) is 5.04. The third-order valence-corrected chi connectivity index (χ3v) is 5.04. The van der Waals surface area contributed by atoms with Crippen molar-refractivity contribution in [1.29, 1.82) is 0 Å². The van der Waals surface area contributed by atoms with Gasteiger partial charge in [0.1, 0.15) is 0 Å². The first-order valence-electron chi connectivity index (χ1n) is 9.57. The van der Waals surface area contributed by atoms with Crippen LogP contribution in [0.5, 0.6) is 0 Å². The monoisotopic (exact) mass is 408 g/mol. The van der Waals surface area contributed by atoms with Crippen LogP contribution in [0.2, 0.25) is 0 Å². The van der Waals surface area contributed by atoms with Crippen LogP contribution in [-0.4, -0.2) is 30.8 Å². The second-order valence-corrected chi connectivity index (χ2v) is 7.05. The average molecular weight is 408 g/mol. The summed E-state index contributed by atoms with van der Waals surface area (Å²) in [7, 11) is 0. The molecule has 31 heavy (non-hydrogen) atoms. The van der Waals surface area contributed by atoms with Crippen LogP contribution in [0.4, 0.5) is 0 Å². The Morgan fingerprint density at radius 2 is 1.58 bits per heavy atom. The lowest BCUT2D eigenvalue weighted by Gasteiger charge is -2.08. The molecule has 5 rings (SSSR count). The molecule has 2 heterocycles. The number of aromatic amines is 1. The van der Waals surface area contributed by atoms with Crippen molar-refractivity contribution in [3.63, 3.8) is 0 Å². The molecule has 0 saturated heterocycles. The van der Waals surface area contributed by atoms with E-state index in [0.717, 1.165) is 22.3 Å². The summed E-state index contributed by atoms with van der Waals surface area (Å²) < 4.78 is 1.24. The summed E-state index contributed by atoms with van der Waals surface area (Å²) in [5, 5.41) is 13.5. The topological polar surface area (TPSA) is 101 Å². The van der Waals surface area contributed by atoms with Gasteiger partial charge in [-0.3, -0.25) is 9.78 Å². The van der Waals surface area contributed by atoms with Crippen molar-refractivity contribution in [3.8, 4) is 28.2 Å². The van der Waals surface area contributed by atoms with Crippen LogP contribution in [0.15, 0.2) is 90.0 Å². The summed E-state index contributed by atoms with van der Waals surface area (Å²) in [6.07, 6.45) is 2.51. The fraction of sp³-hybridized carbons (Fsp3) is 0. The van der Waals surface area contributed by atoms with E-state index in [4.69, 9.17) is 5.11 Å². The molecular formula is C24H16N4O3. The van der Waals surface area contributed by atoms with Crippen molar-refractivity contribution < 1.29 is 9.90 Å². The Hall–Kier alpha value is -4.52. The first kappa shape index (κ1) is 18.5. The molecule has 0 saturated carbocycles.